The fraction of sp³-hybridized carbons (Fsp3) is 0.267. The van der Waals surface area contributed by atoms with Gasteiger partial charge >= 0.3 is 0 Å². The Bertz CT molecular complexity index is 547. The van der Waals surface area contributed by atoms with E-state index in [-0.39, 0.29) is 0 Å². The van der Waals surface area contributed by atoms with Crippen molar-refractivity contribution in [3.05, 3.63) is 54.5 Å². The molecule has 0 aliphatic carbocycles. The molecule has 0 saturated carbocycles. The van der Waals surface area contributed by atoms with Crippen molar-refractivity contribution in [3.63, 3.8) is 0 Å². The summed E-state index contributed by atoms with van der Waals surface area (Å²) in [6.45, 7) is 3.79. The molecular formula is C15H18N5+. The third-order valence-electron chi connectivity index (χ3n) is 3.33. The van der Waals surface area contributed by atoms with Crippen LogP contribution in [0.25, 0.3) is 0 Å². The number of aromatic amines is 1. The van der Waals surface area contributed by atoms with Gasteiger partial charge in [0.2, 0.25) is 0 Å². The van der Waals surface area contributed by atoms with Crippen LogP contribution in [0.2, 0.25) is 0 Å². The molecule has 5 heteroatoms. The van der Waals surface area contributed by atoms with Crippen LogP contribution in [-0.4, -0.2) is 42.4 Å². The van der Waals surface area contributed by atoms with Crippen LogP contribution in [0.4, 0.5) is 5.82 Å². The molecule has 102 valence electrons. The molecule has 0 spiro atoms. The zero-order valence-corrected chi connectivity index (χ0v) is 11.3. The second-order valence-corrected chi connectivity index (χ2v) is 4.69. The molecule has 0 aromatic carbocycles. The molecule has 0 amide bonds. The number of aromatic nitrogens is 2. The first kappa shape index (κ1) is 12.6. The normalized spacial score (nSPS) is 15.8. The van der Waals surface area contributed by atoms with Crippen LogP contribution in [0.3, 0.4) is 0 Å². The van der Waals surface area contributed by atoms with Crippen molar-refractivity contribution in [3.8, 4) is 0 Å². The molecule has 0 atom stereocenters. The average Bonchev–Trinajstić information content (AvgIpc) is 2.55. The minimum Gasteiger partial charge on any atom is -0.289 e. The summed E-state index contributed by atoms with van der Waals surface area (Å²) in [7, 11) is 0. The maximum atomic E-state index is 4.49. The monoisotopic (exact) mass is 268 g/mol. The summed E-state index contributed by atoms with van der Waals surface area (Å²) in [6, 6.07) is 12.0. The number of nitrogens with zero attached hydrogens (tertiary/aromatic N) is 4. The van der Waals surface area contributed by atoms with Crippen LogP contribution in [0.5, 0.6) is 0 Å². The molecular weight excluding hydrogens is 250 g/mol. The molecule has 1 N–H and O–H groups in total. The molecule has 0 unspecified atom stereocenters. The van der Waals surface area contributed by atoms with Crippen molar-refractivity contribution >= 4 is 12.0 Å². The maximum absolute atomic E-state index is 4.49. The zero-order valence-electron chi connectivity index (χ0n) is 11.3. The number of pyridine rings is 2. The lowest BCUT2D eigenvalue weighted by Crippen LogP contribution is -2.45. The van der Waals surface area contributed by atoms with E-state index in [1.807, 2.05) is 36.7 Å². The van der Waals surface area contributed by atoms with E-state index in [1.165, 1.54) is 5.82 Å². The minimum atomic E-state index is 0.895. The largest absolute Gasteiger partial charge is 0.289 e. The van der Waals surface area contributed by atoms with Crippen LogP contribution < -0.4 is 9.88 Å². The molecule has 1 aliphatic rings. The van der Waals surface area contributed by atoms with Gasteiger partial charge in [-0.05, 0) is 18.2 Å². The molecule has 5 nitrogen and oxygen atoms in total. The summed E-state index contributed by atoms with van der Waals surface area (Å²) in [6.07, 6.45) is 5.57. The Hall–Kier alpha value is -2.43. The first-order chi connectivity index (χ1) is 9.92. The number of hydrazone groups is 1. The molecule has 0 radical (unpaired) electrons. The van der Waals surface area contributed by atoms with Crippen molar-refractivity contribution in [2.24, 2.45) is 5.10 Å². The van der Waals surface area contributed by atoms with E-state index in [9.17, 15) is 0 Å². The number of rotatable bonds is 3. The predicted octanol–water partition coefficient (Wildman–Crippen LogP) is 1.05. The molecule has 1 aliphatic heterocycles. The lowest BCUT2D eigenvalue weighted by molar-refractivity contribution is -0.364. The van der Waals surface area contributed by atoms with Gasteiger partial charge < -0.3 is 0 Å². The highest BCUT2D eigenvalue weighted by molar-refractivity contribution is 5.76. The maximum Gasteiger partial charge on any atom is 0.274 e. The Morgan fingerprint density at radius 2 is 1.90 bits per heavy atom. The summed E-state index contributed by atoms with van der Waals surface area (Å²) >= 11 is 0. The van der Waals surface area contributed by atoms with E-state index in [2.05, 4.69) is 37.1 Å². The number of piperazine rings is 1. The van der Waals surface area contributed by atoms with Gasteiger partial charge in [-0.25, -0.2) is 4.98 Å². The highest BCUT2D eigenvalue weighted by atomic mass is 15.5. The molecule has 3 rings (SSSR count). The van der Waals surface area contributed by atoms with Gasteiger partial charge in [-0.1, -0.05) is 12.1 Å². The van der Waals surface area contributed by atoms with Crippen molar-refractivity contribution in [2.45, 2.75) is 0 Å². The van der Waals surface area contributed by atoms with E-state index in [0.717, 1.165) is 31.9 Å². The average molecular weight is 268 g/mol. The van der Waals surface area contributed by atoms with Gasteiger partial charge in [0.15, 0.2) is 0 Å². The molecule has 1 fully saturated rings. The Morgan fingerprint density at radius 1 is 1.05 bits per heavy atom. The van der Waals surface area contributed by atoms with E-state index in [1.54, 1.807) is 6.20 Å². The standard InChI is InChI=1S/C15H17N5/c1-3-7-16-14(5-1)13-18-20-11-9-19(10-12-20)15-6-2-4-8-17-15/h1-8,13H,9-12H2/p+1/b18-13-. The highest BCUT2D eigenvalue weighted by Crippen LogP contribution is 2.09. The first-order valence-corrected chi connectivity index (χ1v) is 6.83. The highest BCUT2D eigenvalue weighted by Gasteiger charge is 2.21. The molecule has 1 saturated heterocycles. The molecule has 3 heterocycles. The van der Waals surface area contributed by atoms with E-state index in [4.69, 9.17) is 0 Å². The summed E-state index contributed by atoms with van der Waals surface area (Å²) in [5.74, 6) is 1.17. The Kier molecular flexibility index (Phi) is 3.87. The second kappa shape index (κ2) is 6.14. The summed E-state index contributed by atoms with van der Waals surface area (Å²) in [5, 5.41) is 6.58. The van der Waals surface area contributed by atoms with Gasteiger partial charge in [-0.15, -0.1) is 0 Å². The predicted molar refractivity (Wildman–Crippen MR) is 78.6 cm³/mol. The summed E-state index contributed by atoms with van der Waals surface area (Å²) < 4.78 is 0. The van der Waals surface area contributed by atoms with Gasteiger partial charge in [-0.2, -0.15) is 5.10 Å². The minimum absolute atomic E-state index is 0.895. The van der Waals surface area contributed by atoms with E-state index >= 15 is 0 Å². The number of hydrogen-bond donors (Lipinski definition) is 0. The zero-order chi connectivity index (χ0) is 13.6. The smallest absolute Gasteiger partial charge is 0.274 e. The van der Waals surface area contributed by atoms with Gasteiger partial charge in [0.25, 0.3) is 5.82 Å². The molecule has 20 heavy (non-hydrogen) atoms. The number of hydrogen-bond acceptors (Lipinski definition) is 4. The van der Waals surface area contributed by atoms with E-state index < -0.39 is 0 Å². The SMILES string of the molecule is C(=N/N1CCN(c2cccc[nH+]2)CC1)/c1ccccn1. The van der Waals surface area contributed by atoms with Crippen LogP contribution >= 0.6 is 0 Å². The van der Waals surface area contributed by atoms with Crippen molar-refractivity contribution < 1.29 is 4.98 Å². The Morgan fingerprint density at radius 3 is 2.60 bits per heavy atom. The molecule has 2 aromatic heterocycles. The van der Waals surface area contributed by atoms with Gasteiger partial charge in [0.05, 0.1) is 31.2 Å². The third-order valence-corrected chi connectivity index (χ3v) is 3.33. The molecule has 0 bridgehead atoms. The van der Waals surface area contributed by atoms with Crippen LogP contribution in [0.1, 0.15) is 5.69 Å². The Balaban J connectivity index is 1.55. The number of anilines is 1. The van der Waals surface area contributed by atoms with Crippen molar-refractivity contribution in [2.75, 3.05) is 31.1 Å². The van der Waals surface area contributed by atoms with Gasteiger partial charge in [0, 0.05) is 12.3 Å². The fourth-order valence-corrected chi connectivity index (χ4v) is 2.23. The number of nitrogens with one attached hydrogen (secondary N) is 1. The fourth-order valence-electron chi connectivity index (χ4n) is 2.23. The topological polar surface area (TPSA) is 45.9 Å². The van der Waals surface area contributed by atoms with Crippen LogP contribution in [0, 0.1) is 0 Å². The quantitative estimate of drug-likeness (QED) is 0.782. The first-order valence-electron chi connectivity index (χ1n) is 6.83. The lowest BCUT2D eigenvalue weighted by atomic mass is 10.3. The summed E-state index contributed by atoms with van der Waals surface area (Å²) in [4.78, 5) is 9.84. The van der Waals surface area contributed by atoms with Gasteiger partial charge in [-0.3, -0.25) is 14.9 Å². The molecule has 2 aromatic rings. The van der Waals surface area contributed by atoms with Crippen LogP contribution in [0.15, 0.2) is 53.9 Å². The van der Waals surface area contributed by atoms with Gasteiger partial charge in [0.1, 0.15) is 13.1 Å². The summed E-state index contributed by atoms with van der Waals surface area (Å²) in [5.41, 5.74) is 0.895. The van der Waals surface area contributed by atoms with Crippen molar-refractivity contribution in [1.29, 1.82) is 0 Å². The second-order valence-electron chi connectivity index (χ2n) is 4.69. The number of H-pyrrole nitrogens is 1. The third kappa shape index (κ3) is 3.12. The Labute approximate surface area is 118 Å². The van der Waals surface area contributed by atoms with Crippen molar-refractivity contribution in [1.82, 2.24) is 9.99 Å². The van der Waals surface area contributed by atoms with E-state index in [0.29, 0.717) is 0 Å². The lowest BCUT2D eigenvalue weighted by Gasteiger charge is -2.28. The van der Waals surface area contributed by atoms with Crippen LogP contribution in [-0.2, 0) is 0 Å².